The van der Waals surface area contributed by atoms with Crippen LogP contribution < -0.4 is 0 Å². The minimum Gasteiger partial charge on any atom is -0.297 e. The highest BCUT2D eigenvalue weighted by molar-refractivity contribution is 5.95. The van der Waals surface area contributed by atoms with Gasteiger partial charge in [-0.3, -0.25) is 9.69 Å². The molecule has 1 aliphatic rings. The molecule has 0 unspecified atom stereocenters. The first kappa shape index (κ1) is 14.3. The van der Waals surface area contributed by atoms with E-state index in [4.69, 9.17) is 0 Å². The lowest BCUT2D eigenvalue weighted by atomic mass is 9.86. The molecule has 0 heterocycles. The summed E-state index contributed by atoms with van der Waals surface area (Å²) in [5, 5.41) is 2.42. The van der Waals surface area contributed by atoms with Crippen LogP contribution in [0.5, 0.6) is 0 Å². The molecular weight excluding hydrogens is 258 g/mol. The van der Waals surface area contributed by atoms with Gasteiger partial charge in [-0.1, -0.05) is 55.3 Å². The Kier molecular flexibility index (Phi) is 3.81. The van der Waals surface area contributed by atoms with Crippen molar-refractivity contribution in [3.05, 3.63) is 48.0 Å². The fraction of sp³-hybridized carbons (Fsp3) is 0.421. The molecule has 0 N–H and O–H groups in total. The van der Waals surface area contributed by atoms with Crippen molar-refractivity contribution in [2.45, 2.75) is 37.6 Å². The monoisotopic (exact) mass is 281 g/mol. The molecule has 2 nitrogen and oxygen atoms in total. The summed E-state index contributed by atoms with van der Waals surface area (Å²) in [6.45, 7) is 0. The minimum atomic E-state index is -0.239. The minimum absolute atomic E-state index is 0.239. The van der Waals surface area contributed by atoms with Crippen LogP contribution >= 0.6 is 0 Å². The molecule has 2 aromatic rings. The maximum atomic E-state index is 13.0. The van der Waals surface area contributed by atoms with Crippen LogP contribution in [0.1, 0.15) is 31.2 Å². The summed E-state index contributed by atoms with van der Waals surface area (Å²) in [5.74, 6) is 0.376. The van der Waals surface area contributed by atoms with Crippen LogP contribution in [0.3, 0.4) is 0 Å². The molecule has 0 amide bonds. The van der Waals surface area contributed by atoms with E-state index in [1.165, 1.54) is 23.6 Å². The number of likely N-dealkylation sites (N-methyl/N-ethyl adjacent to an activating group) is 1. The van der Waals surface area contributed by atoms with Gasteiger partial charge >= 0.3 is 0 Å². The molecule has 0 atom stereocenters. The van der Waals surface area contributed by atoms with Crippen molar-refractivity contribution in [1.29, 1.82) is 0 Å². The Bertz CT molecular complexity index is 648. The number of carbonyl (C=O) groups is 1. The number of carbonyl (C=O) groups excluding carboxylic acids is 1. The maximum absolute atomic E-state index is 13.0. The van der Waals surface area contributed by atoms with Crippen molar-refractivity contribution in [2.75, 3.05) is 14.1 Å². The van der Waals surface area contributed by atoms with Crippen molar-refractivity contribution >= 4 is 16.6 Å². The van der Waals surface area contributed by atoms with E-state index in [9.17, 15) is 4.79 Å². The number of nitrogens with zero attached hydrogens (tertiary/aromatic N) is 1. The fourth-order valence-corrected chi connectivity index (χ4v) is 3.72. The molecule has 0 bridgehead atoms. The van der Waals surface area contributed by atoms with Gasteiger partial charge in [0.25, 0.3) is 0 Å². The Morgan fingerprint density at radius 1 is 1.05 bits per heavy atom. The second-order valence-electron chi connectivity index (χ2n) is 6.37. The molecule has 1 fully saturated rings. The highest BCUT2D eigenvalue weighted by Gasteiger charge is 2.42. The van der Waals surface area contributed by atoms with Gasteiger partial charge in [0.15, 0.2) is 5.78 Å². The number of rotatable bonds is 4. The third kappa shape index (κ3) is 2.49. The van der Waals surface area contributed by atoms with Crippen LogP contribution in [0.15, 0.2) is 42.5 Å². The summed E-state index contributed by atoms with van der Waals surface area (Å²) in [5.41, 5.74) is 0.919. The molecular formula is C19H23NO. The SMILES string of the molecule is CN(C)C1(C(=O)Cc2cccc3ccccc23)CCCC1. The molecule has 0 spiro atoms. The van der Waals surface area contributed by atoms with Gasteiger partial charge in [0, 0.05) is 6.42 Å². The third-order valence-corrected chi connectivity index (χ3v) is 5.04. The fourth-order valence-electron chi connectivity index (χ4n) is 3.72. The highest BCUT2D eigenvalue weighted by atomic mass is 16.1. The van der Waals surface area contributed by atoms with Crippen LogP contribution in [-0.4, -0.2) is 30.3 Å². The van der Waals surface area contributed by atoms with Crippen molar-refractivity contribution in [1.82, 2.24) is 4.90 Å². The second kappa shape index (κ2) is 5.61. The zero-order chi connectivity index (χ0) is 14.9. The lowest BCUT2D eigenvalue weighted by Gasteiger charge is -2.35. The van der Waals surface area contributed by atoms with Gasteiger partial charge in [-0.05, 0) is 43.3 Å². The molecule has 3 rings (SSSR count). The van der Waals surface area contributed by atoms with E-state index in [-0.39, 0.29) is 5.54 Å². The van der Waals surface area contributed by atoms with Crippen molar-refractivity contribution in [2.24, 2.45) is 0 Å². The van der Waals surface area contributed by atoms with Gasteiger partial charge in [0.05, 0.1) is 5.54 Å². The van der Waals surface area contributed by atoms with Crippen LogP contribution in [0.25, 0.3) is 10.8 Å². The summed E-state index contributed by atoms with van der Waals surface area (Å²) < 4.78 is 0. The quantitative estimate of drug-likeness (QED) is 0.849. The number of Topliss-reactive ketones (excluding diaryl/α,β-unsaturated/α-hetero) is 1. The van der Waals surface area contributed by atoms with Crippen molar-refractivity contribution in [3.63, 3.8) is 0 Å². The zero-order valence-corrected chi connectivity index (χ0v) is 12.9. The predicted octanol–water partition coefficient (Wildman–Crippen LogP) is 3.83. The van der Waals surface area contributed by atoms with E-state index in [0.29, 0.717) is 12.2 Å². The predicted molar refractivity (Wildman–Crippen MR) is 87.5 cm³/mol. The third-order valence-electron chi connectivity index (χ3n) is 5.04. The Hall–Kier alpha value is -1.67. The molecule has 1 aliphatic carbocycles. The Morgan fingerprint density at radius 3 is 2.43 bits per heavy atom. The number of hydrogen-bond donors (Lipinski definition) is 0. The van der Waals surface area contributed by atoms with E-state index >= 15 is 0 Å². The molecule has 0 saturated heterocycles. The van der Waals surface area contributed by atoms with Gasteiger partial charge in [0.2, 0.25) is 0 Å². The van der Waals surface area contributed by atoms with E-state index in [1.807, 2.05) is 26.2 Å². The summed E-state index contributed by atoms with van der Waals surface area (Å²) >= 11 is 0. The lowest BCUT2D eigenvalue weighted by molar-refractivity contribution is -0.128. The van der Waals surface area contributed by atoms with E-state index in [1.54, 1.807) is 0 Å². The van der Waals surface area contributed by atoms with Crippen molar-refractivity contribution < 1.29 is 4.79 Å². The lowest BCUT2D eigenvalue weighted by Crippen LogP contribution is -2.49. The van der Waals surface area contributed by atoms with Crippen LogP contribution in [0.2, 0.25) is 0 Å². The average molecular weight is 281 g/mol. The average Bonchev–Trinajstić information content (AvgIpc) is 2.98. The largest absolute Gasteiger partial charge is 0.297 e. The number of fused-ring (bicyclic) bond motifs is 1. The number of hydrogen-bond acceptors (Lipinski definition) is 2. The first-order chi connectivity index (χ1) is 10.1. The summed E-state index contributed by atoms with van der Waals surface area (Å²) in [6.07, 6.45) is 4.88. The maximum Gasteiger partial charge on any atom is 0.157 e. The molecule has 1 saturated carbocycles. The van der Waals surface area contributed by atoms with E-state index in [0.717, 1.165) is 18.4 Å². The van der Waals surface area contributed by atoms with Gasteiger partial charge < -0.3 is 0 Å². The highest BCUT2D eigenvalue weighted by Crippen LogP contribution is 2.36. The van der Waals surface area contributed by atoms with Gasteiger partial charge in [-0.25, -0.2) is 0 Å². The summed E-state index contributed by atoms with van der Waals surface area (Å²) in [4.78, 5) is 15.1. The number of ketones is 1. The van der Waals surface area contributed by atoms with Gasteiger partial charge in [-0.2, -0.15) is 0 Å². The molecule has 110 valence electrons. The summed E-state index contributed by atoms with van der Waals surface area (Å²) in [7, 11) is 4.10. The standard InChI is InChI=1S/C19H23NO/c1-20(2)19(12-5-6-13-19)18(21)14-16-10-7-9-15-8-3-4-11-17(15)16/h3-4,7-11H,5-6,12-14H2,1-2H3. The molecule has 21 heavy (non-hydrogen) atoms. The first-order valence-electron chi connectivity index (χ1n) is 7.81. The smallest absolute Gasteiger partial charge is 0.157 e. The molecule has 2 heteroatoms. The Labute approximate surface area is 126 Å². The van der Waals surface area contributed by atoms with E-state index in [2.05, 4.69) is 35.2 Å². The first-order valence-corrected chi connectivity index (χ1v) is 7.81. The van der Waals surface area contributed by atoms with Crippen LogP contribution in [0.4, 0.5) is 0 Å². The Balaban J connectivity index is 1.93. The normalized spacial score (nSPS) is 17.5. The number of benzene rings is 2. The van der Waals surface area contributed by atoms with E-state index < -0.39 is 0 Å². The van der Waals surface area contributed by atoms with Crippen LogP contribution in [-0.2, 0) is 11.2 Å². The molecule has 0 aromatic heterocycles. The second-order valence-corrected chi connectivity index (χ2v) is 6.37. The molecule has 2 aromatic carbocycles. The van der Waals surface area contributed by atoms with Gasteiger partial charge in [0.1, 0.15) is 0 Å². The van der Waals surface area contributed by atoms with Crippen LogP contribution in [0, 0.1) is 0 Å². The zero-order valence-electron chi connectivity index (χ0n) is 12.9. The topological polar surface area (TPSA) is 20.3 Å². The summed E-state index contributed by atoms with van der Waals surface area (Å²) in [6, 6.07) is 14.6. The van der Waals surface area contributed by atoms with Gasteiger partial charge in [-0.15, -0.1) is 0 Å². The Morgan fingerprint density at radius 2 is 1.71 bits per heavy atom. The molecule has 0 radical (unpaired) electrons. The molecule has 0 aliphatic heterocycles. The van der Waals surface area contributed by atoms with Crippen molar-refractivity contribution in [3.8, 4) is 0 Å².